The Balaban J connectivity index is 3.48. The zero-order chi connectivity index (χ0) is 52.9. The van der Waals surface area contributed by atoms with Crippen LogP contribution in [0.4, 0.5) is 0 Å². The molecule has 4 N–H and O–H groups in total. The third-order valence-corrected chi connectivity index (χ3v) is 16.0. The van der Waals surface area contributed by atoms with Crippen molar-refractivity contribution in [2.75, 3.05) is 6.61 Å². The minimum absolute atomic E-state index is 0.372. The number of rotatable bonds is 63. The van der Waals surface area contributed by atoms with Crippen LogP contribution >= 0.6 is 0 Å². The van der Waals surface area contributed by atoms with Gasteiger partial charge in [-0.25, -0.2) is 0 Å². The molecule has 0 saturated carbocycles. The fourth-order valence-electron chi connectivity index (χ4n) is 10.9. The first-order valence-electron chi connectivity index (χ1n) is 33.7. The summed E-state index contributed by atoms with van der Waals surface area (Å²) < 4.78 is 0. The number of aliphatic hydroxyl groups excluding tert-OH is 3. The topological polar surface area (TPSA) is 89.8 Å². The molecule has 5 heteroatoms. The molecule has 0 aliphatic carbocycles. The number of carbonyl (C=O) groups excluding carboxylic acids is 1. The Labute approximate surface area is 458 Å². The van der Waals surface area contributed by atoms with E-state index in [1.54, 1.807) is 6.08 Å². The van der Waals surface area contributed by atoms with E-state index < -0.39 is 24.2 Å². The van der Waals surface area contributed by atoms with Crippen molar-refractivity contribution in [1.82, 2.24) is 5.32 Å². The molecular formula is C68H133NO4. The van der Waals surface area contributed by atoms with Gasteiger partial charge in [0.05, 0.1) is 18.8 Å². The van der Waals surface area contributed by atoms with Crippen LogP contribution in [-0.2, 0) is 4.79 Å². The molecule has 0 aromatic carbocycles. The second kappa shape index (κ2) is 63.4. The van der Waals surface area contributed by atoms with Crippen molar-refractivity contribution in [2.45, 2.75) is 398 Å². The molecule has 3 atom stereocenters. The van der Waals surface area contributed by atoms with Crippen LogP contribution in [0.25, 0.3) is 0 Å². The number of carbonyl (C=O) groups is 1. The zero-order valence-electron chi connectivity index (χ0n) is 49.8. The van der Waals surface area contributed by atoms with Crippen LogP contribution < -0.4 is 5.32 Å². The fourth-order valence-corrected chi connectivity index (χ4v) is 10.9. The average molecular weight is 1030 g/mol. The molecule has 0 aliphatic heterocycles. The zero-order valence-corrected chi connectivity index (χ0v) is 49.8. The van der Waals surface area contributed by atoms with E-state index in [2.05, 4.69) is 31.3 Å². The highest BCUT2D eigenvalue weighted by Gasteiger charge is 2.22. The Morgan fingerprint density at radius 1 is 0.329 bits per heavy atom. The molecule has 0 fully saturated rings. The lowest BCUT2D eigenvalue weighted by Crippen LogP contribution is -2.48. The van der Waals surface area contributed by atoms with Gasteiger partial charge in [-0.1, -0.05) is 372 Å². The molecule has 0 bridgehead atoms. The molecule has 0 aliphatic rings. The van der Waals surface area contributed by atoms with Crippen molar-refractivity contribution in [3.63, 3.8) is 0 Å². The number of amides is 1. The molecule has 0 heterocycles. The number of aliphatic hydroxyl groups is 3. The number of allylic oxidation sites excluding steroid dienone is 3. The maximum Gasteiger partial charge on any atom is 0.249 e. The highest BCUT2D eigenvalue weighted by atomic mass is 16.3. The van der Waals surface area contributed by atoms with E-state index in [-0.39, 0.29) is 6.61 Å². The molecule has 5 nitrogen and oxygen atoms in total. The normalized spacial score (nSPS) is 13.2. The summed E-state index contributed by atoms with van der Waals surface area (Å²) in [5, 5.41) is 33.5. The average Bonchev–Trinajstić information content (AvgIpc) is 3.40. The predicted molar refractivity (Wildman–Crippen MR) is 324 cm³/mol. The Kier molecular flexibility index (Phi) is 62.3. The minimum atomic E-state index is -1.10. The summed E-state index contributed by atoms with van der Waals surface area (Å²) in [5.41, 5.74) is 0. The first-order valence-corrected chi connectivity index (χ1v) is 33.7. The van der Waals surface area contributed by atoms with Crippen molar-refractivity contribution in [3.05, 3.63) is 24.3 Å². The molecule has 1 amide bonds. The van der Waals surface area contributed by atoms with Crippen LogP contribution in [0.5, 0.6) is 0 Å². The quantitative estimate of drug-likeness (QED) is 0.0361. The van der Waals surface area contributed by atoms with Gasteiger partial charge in [0.25, 0.3) is 0 Å². The molecule has 0 aromatic heterocycles. The molecule has 0 aromatic rings. The van der Waals surface area contributed by atoms with Gasteiger partial charge in [0, 0.05) is 0 Å². The van der Waals surface area contributed by atoms with Gasteiger partial charge in [-0.3, -0.25) is 4.79 Å². The van der Waals surface area contributed by atoms with E-state index >= 15 is 0 Å². The van der Waals surface area contributed by atoms with E-state index in [4.69, 9.17) is 0 Å². The monoisotopic (exact) mass is 1030 g/mol. The summed E-state index contributed by atoms with van der Waals surface area (Å²) in [4.78, 5) is 12.6. The SMILES string of the molecule is CCCCCCCCCCCCCCCCCCC/C=C/CC/C=C/C(O)C(CO)NC(=O)C(O)CCCCCCCCCCCCCCCCCCCCCCCCCCCCCCCCCCCCCC. The van der Waals surface area contributed by atoms with Gasteiger partial charge in [0.2, 0.25) is 5.91 Å². The largest absolute Gasteiger partial charge is 0.394 e. The Morgan fingerprint density at radius 2 is 0.562 bits per heavy atom. The van der Waals surface area contributed by atoms with Crippen molar-refractivity contribution in [2.24, 2.45) is 0 Å². The van der Waals surface area contributed by atoms with Gasteiger partial charge >= 0.3 is 0 Å². The summed E-state index contributed by atoms with van der Waals surface area (Å²) in [5.74, 6) is -0.505. The second-order valence-electron chi connectivity index (χ2n) is 23.4. The highest BCUT2D eigenvalue weighted by molar-refractivity contribution is 5.80. The van der Waals surface area contributed by atoms with Gasteiger partial charge in [0.1, 0.15) is 6.10 Å². The lowest BCUT2D eigenvalue weighted by atomic mass is 10.0. The van der Waals surface area contributed by atoms with Crippen LogP contribution in [0.3, 0.4) is 0 Å². The first kappa shape index (κ1) is 71.8. The molecule has 0 spiro atoms. The Hall–Kier alpha value is -1.17. The van der Waals surface area contributed by atoms with Crippen molar-refractivity contribution >= 4 is 5.91 Å². The fraction of sp³-hybridized carbons (Fsp3) is 0.926. The molecule has 0 rings (SSSR count). The molecule has 0 saturated heterocycles. The van der Waals surface area contributed by atoms with E-state index in [0.717, 1.165) is 38.5 Å². The Morgan fingerprint density at radius 3 is 0.836 bits per heavy atom. The van der Waals surface area contributed by atoms with E-state index in [9.17, 15) is 20.1 Å². The maximum absolute atomic E-state index is 12.6. The van der Waals surface area contributed by atoms with E-state index in [1.807, 2.05) is 6.08 Å². The Bertz CT molecular complexity index is 1090. The number of hydrogen-bond donors (Lipinski definition) is 4. The summed E-state index contributed by atoms with van der Waals surface area (Å²) in [6.07, 6.45) is 83.2. The van der Waals surface area contributed by atoms with Crippen molar-refractivity contribution in [3.8, 4) is 0 Å². The smallest absolute Gasteiger partial charge is 0.249 e. The minimum Gasteiger partial charge on any atom is -0.394 e. The summed E-state index contributed by atoms with van der Waals surface area (Å²) in [6, 6.07) is -0.813. The van der Waals surface area contributed by atoms with Crippen LogP contribution in [0.15, 0.2) is 24.3 Å². The van der Waals surface area contributed by atoms with Gasteiger partial charge in [-0.2, -0.15) is 0 Å². The number of hydrogen-bond acceptors (Lipinski definition) is 4. The predicted octanol–water partition coefficient (Wildman–Crippen LogP) is 21.6. The lowest BCUT2D eigenvalue weighted by molar-refractivity contribution is -0.131. The molecule has 73 heavy (non-hydrogen) atoms. The van der Waals surface area contributed by atoms with Crippen LogP contribution in [-0.4, -0.2) is 46.1 Å². The van der Waals surface area contributed by atoms with Crippen LogP contribution in [0.1, 0.15) is 380 Å². The summed E-state index contributed by atoms with van der Waals surface area (Å²) in [7, 11) is 0. The molecule has 0 radical (unpaired) electrons. The van der Waals surface area contributed by atoms with Crippen LogP contribution in [0.2, 0.25) is 0 Å². The first-order chi connectivity index (χ1) is 36.1. The maximum atomic E-state index is 12.6. The van der Waals surface area contributed by atoms with Crippen LogP contribution in [0, 0.1) is 0 Å². The standard InChI is InChI=1S/C68H133NO4/c1-3-5-7-9-11-13-15-17-19-21-23-25-27-28-29-30-31-32-33-34-35-36-37-38-39-41-43-45-47-49-51-53-55-57-59-61-63-67(72)68(73)69-65(64-70)66(71)62-60-58-56-54-52-50-48-46-44-42-40-26-24-22-20-18-16-14-12-10-8-6-4-2/h52,54,60,62,65-67,70-72H,3-51,53,55-59,61,63-64H2,1-2H3,(H,69,73)/b54-52+,62-60+. The number of unbranched alkanes of at least 4 members (excludes halogenated alkanes) is 53. The lowest BCUT2D eigenvalue weighted by Gasteiger charge is -2.21. The van der Waals surface area contributed by atoms with Gasteiger partial charge in [-0.05, 0) is 32.1 Å². The highest BCUT2D eigenvalue weighted by Crippen LogP contribution is 2.19. The van der Waals surface area contributed by atoms with Gasteiger partial charge in [0.15, 0.2) is 0 Å². The second-order valence-corrected chi connectivity index (χ2v) is 23.4. The van der Waals surface area contributed by atoms with E-state index in [0.29, 0.717) is 6.42 Å². The third-order valence-electron chi connectivity index (χ3n) is 16.0. The van der Waals surface area contributed by atoms with Gasteiger partial charge in [-0.15, -0.1) is 0 Å². The van der Waals surface area contributed by atoms with Crippen molar-refractivity contribution in [1.29, 1.82) is 0 Å². The molecule has 3 unspecified atom stereocenters. The van der Waals surface area contributed by atoms with E-state index in [1.165, 1.54) is 321 Å². The number of nitrogens with one attached hydrogen (secondary N) is 1. The molecule has 434 valence electrons. The summed E-state index contributed by atoms with van der Waals surface area (Å²) >= 11 is 0. The summed E-state index contributed by atoms with van der Waals surface area (Å²) in [6.45, 7) is 4.22. The van der Waals surface area contributed by atoms with Crippen molar-refractivity contribution < 1.29 is 20.1 Å². The molecular weight excluding hydrogens is 895 g/mol. The third kappa shape index (κ3) is 58.4. The van der Waals surface area contributed by atoms with Gasteiger partial charge < -0.3 is 20.6 Å².